The monoisotopic (exact) mass is 386 g/mol. The normalized spacial score (nSPS) is 12.8. The molecule has 2 amide bonds. The SMILES string of the molecule is CCN(CC)C(=O)CSc1nnc([C@@H](NC(=O)OC(C)(C)C)C(C)C)o1. The molecule has 148 valence electrons. The highest BCUT2D eigenvalue weighted by Crippen LogP contribution is 2.25. The van der Waals surface area contributed by atoms with Crippen LogP contribution in [-0.4, -0.2) is 51.5 Å². The molecule has 0 aliphatic rings. The van der Waals surface area contributed by atoms with Crippen LogP contribution >= 0.6 is 11.8 Å². The number of rotatable bonds is 8. The predicted octanol–water partition coefficient (Wildman–Crippen LogP) is 3.25. The van der Waals surface area contributed by atoms with Crippen molar-refractivity contribution in [3.05, 3.63) is 5.89 Å². The number of alkyl carbamates (subject to hydrolysis) is 1. The number of hydrogen-bond acceptors (Lipinski definition) is 7. The van der Waals surface area contributed by atoms with Gasteiger partial charge in [-0.2, -0.15) is 0 Å². The van der Waals surface area contributed by atoms with Crippen LogP contribution in [0.4, 0.5) is 4.79 Å². The zero-order valence-corrected chi connectivity index (χ0v) is 17.5. The molecule has 0 unspecified atom stereocenters. The number of carbonyl (C=O) groups is 2. The van der Waals surface area contributed by atoms with Crippen molar-refractivity contribution < 1.29 is 18.7 Å². The number of nitrogens with one attached hydrogen (secondary N) is 1. The molecule has 0 spiro atoms. The van der Waals surface area contributed by atoms with E-state index >= 15 is 0 Å². The van der Waals surface area contributed by atoms with Crippen LogP contribution in [-0.2, 0) is 9.53 Å². The molecular formula is C17H30N4O4S. The van der Waals surface area contributed by atoms with Crippen LogP contribution in [0.15, 0.2) is 9.64 Å². The second-order valence-electron chi connectivity index (χ2n) is 7.13. The first kappa shape index (κ1) is 22.3. The average Bonchev–Trinajstić information content (AvgIpc) is 2.98. The summed E-state index contributed by atoms with van der Waals surface area (Å²) in [6.45, 7) is 14.5. The molecule has 0 aliphatic heterocycles. The van der Waals surface area contributed by atoms with E-state index in [0.717, 1.165) is 0 Å². The molecule has 0 saturated heterocycles. The van der Waals surface area contributed by atoms with E-state index in [1.165, 1.54) is 11.8 Å². The number of nitrogens with zero attached hydrogens (tertiary/aromatic N) is 3. The van der Waals surface area contributed by atoms with E-state index in [4.69, 9.17) is 9.15 Å². The lowest BCUT2D eigenvalue weighted by Gasteiger charge is -2.23. The fourth-order valence-corrected chi connectivity index (χ4v) is 2.82. The van der Waals surface area contributed by atoms with Crippen molar-refractivity contribution in [1.82, 2.24) is 20.4 Å². The minimum Gasteiger partial charge on any atom is -0.444 e. The number of aromatic nitrogens is 2. The third-order valence-electron chi connectivity index (χ3n) is 3.46. The Morgan fingerprint density at radius 2 is 1.85 bits per heavy atom. The number of hydrogen-bond donors (Lipinski definition) is 1. The van der Waals surface area contributed by atoms with Crippen molar-refractivity contribution in [3.8, 4) is 0 Å². The summed E-state index contributed by atoms with van der Waals surface area (Å²) in [5.74, 6) is 0.573. The van der Waals surface area contributed by atoms with Crippen molar-refractivity contribution in [3.63, 3.8) is 0 Å². The van der Waals surface area contributed by atoms with E-state index in [9.17, 15) is 9.59 Å². The topological polar surface area (TPSA) is 97.6 Å². The van der Waals surface area contributed by atoms with Crippen LogP contribution in [0.5, 0.6) is 0 Å². The van der Waals surface area contributed by atoms with Crippen molar-refractivity contribution in [2.75, 3.05) is 18.8 Å². The highest BCUT2D eigenvalue weighted by atomic mass is 32.2. The van der Waals surface area contributed by atoms with Crippen molar-refractivity contribution in [2.45, 2.75) is 65.3 Å². The van der Waals surface area contributed by atoms with Gasteiger partial charge in [0.05, 0.1) is 5.75 Å². The van der Waals surface area contributed by atoms with Crippen molar-refractivity contribution in [1.29, 1.82) is 0 Å². The molecule has 0 bridgehead atoms. The third kappa shape index (κ3) is 7.23. The van der Waals surface area contributed by atoms with Gasteiger partial charge in [0.1, 0.15) is 11.6 Å². The molecule has 1 atom stereocenters. The largest absolute Gasteiger partial charge is 0.444 e. The summed E-state index contributed by atoms with van der Waals surface area (Å²) in [5.41, 5.74) is -0.591. The molecule has 1 aromatic heterocycles. The number of ether oxygens (including phenoxy) is 1. The number of carbonyl (C=O) groups excluding carboxylic acids is 2. The summed E-state index contributed by atoms with van der Waals surface area (Å²) < 4.78 is 10.9. The number of thioether (sulfide) groups is 1. The van der Waals surface area contributed by atoms with Gasteiger partial charge in [-0.25, -0.2) is 4.79 Å². The maximum absolute atomic E-state index is 12.0. The predicted molar refractivity (Wildman–Crippen MR) is 99.9 cm³/mol. The van der Waals surface area contributed by atoms with E-state index in [-0.39, 0.29) is 17.6 Å². The van der Waals surface area contributed by atoms with E-state index < -0.39 is 17.7 Å². The molecule has 0 fully saturated rings. The highest BCUT2D eigenvalue weighted by Gasteiger charge is 2.27. The average molecular weight is 387 g/mol. The molecule has 26 heavy (non-hydrogen) atoms. The molecule has 1 rings (SSSR count). The fourth-order valence-electron chi connectivity index (χ4n) is 2.14. The van der Waals surface area contributed by atoms with Gasteiger partial charge in [0, 0.05) is 13.1 Å². The maximum atomic E-state index is 12.0. The Hall–Kier alpha value is -1.77. The van der Waals surface area contributed by atoms with Gasteiger partial charge < -0.3 is 19.4 Å². The molecule has 0 aliphatic carbocycles. The van der Waals surface area contributed by atoms with Gasteiger partial charge in [0.15, 0.2) is 0 Å². The first-order valence-corrected chi connectivity index (χ1v) is 9.79. The summed E-state index contributed by atoms with van der Waals surface area (Å²) in [5, 5.41) is 11.1. The Balaban J connectivity index is 2.72. The smallest absolute Gasteiger partial charge is 0.408 e. The Morgan fingerprint density at radius 3 is 2.35 bits per heavy atom. The second kappa shape index (κ2) is 9.80. The zero-order chi connectivity index (χ0) is 19.9. The van der Waals surface area contributed by atoms with Crippen LogP contribution < -0.4 is 5.32 Å². The molecule has 9 heteroatoms. The van der Waals surface area contributed by atoms with Gasteiger partial charge >= 0.3 is 6.09 Å². The summed E-state index contributed by atoms with van der Waals surface area (Å²) >= 11 is 1.19. The fraction of sp³-hybridized carbons (Fsp3) is 0.765. The van der Waals surface area contributed by atoms with Crippen molar-refractivity contribution in [2.24, 2.45) is 5.92 Å². The summed E-state index contributed by atoms with van der Waals surface area (Å²) in [4.78, 5) is 25.8. The zero-order valence-electron chi connectivity index (χ0n) is 16.7. The van der Waals surface area contributed by atoms with Crippen LogP contribution in [0.1, 0.15) is 60.4 Å². The van der Waals surface area contributed by atoms with Crippen LogP contribution in [0.2, 0.25) is 0 Å². The van der Waals surface area contributed by atoms with E-state index in [0.29, 0.717) is 24.2 Å². The molecular weight excluding hydrogens is 356 g/mol. The molecule has 0 radical (unpaired) electrons. The maximum Gasteiger partial charge on any atom is 0.408 e. The highest BCUT2D eigenvalue weighted by molar-refractivity contribution is 7.99. The number of amides is 2. The molecule has 0 saturated carbocycles. The third-order valence-corrected chi connectivity index (χ3v) is 4.27. The van der Waals surface area contributed by atoms with Gasteiger partial charge in [-0.15, -0.1) is 10.2 Å². The lowest BCUT2D eigenvalue weighted by atomic mass is 10.1. The lowest BCUT2D eigenvalue weighted by Crippen LogP contribution is -2.37. The Bertz CT molecular complexity index is 594. The van der Waals surface area contributed by atoms with Gasteiger partial charge in [-0.1, -0.05) is 25.6 Å². The first-order chi connectivity index (χ1) is 12.1. The minimum atomic E-state index is -0.591. The molecule has 8 nitrogen and oxygen atoms in total. The van der Waals surface area contributed by atoms with Crippen LogP contribution in [0.25, 0.3) is 0 Å². The van der Waals surface area contributed by atoms with E-state index in [1.54, 1.807) is 25.7 Å². The molecule has 0 aromatic carbocycles. The summed E-state index contributed by atoms with van der Waals surface area (Å²) in [7, 11) is 0. The van der Waals surface area contributed by atoms with Crippen molar-refractivity contribution >= 4 is 23.8 Å². The Kier molecular flexibility index (Phi) is 8.39. The molecule has 1 heterocycles. The van der Waals surface area contributed by atoms with E-state index in [1.807, 2.05) is 27.7 Å². The molecule has 1 N–H and O–H groups in total. The van der Waals surface area contributed by atoms with Gasteiger partial charge in [0.2, 0.25) is 11.8 Å². The lowest BCUT2D eigenvalue weighted by molar-refractivity contribution is -0.127. The van der Waals surface area contributed by atoms with Gasteiger partial charge in [-0.05, 0) is 40.5 Å². The van der Waals surface area contributed by atoms with Gasteiger partial charge in [-0.3, -0.25) is 4.79 Å². The van der Waals surface area contributed by atoms with Crippen LogP contribution in [0, 0.1) is 5.92 Å². The standard InChI is InChI=1S/C17H30N4O4S/c1-8-21(9-2)12(22)10-26-16-20-19-14(24-16)13(11(3)4)18-15(23)25-17(5,6)7/h11,13H,8-10H2,1-7H3,(H,18,23)/t13-/m0/s1. The Morgan fingerprint density at radius 1 is 1.23 bits per heavy atom. The Labute approximate surface area is 159 Å². The second-order valence-corrected chi connectivity index (χ2v) is 8.06. The minimum absolute atomic E-state index is 0.0204. The summed E-state index contributed by atoms with van der Waals surface area (Å²) in [6, 6.07) is -0.467. The molecule has 1 aromatic rings. The first-order valence-electron chi connectivity index (χ1n) is 8.80. The van der Waals surface area contributed by atoms with E-state index in [2.05, 4.69) is 15.5 Å². The quantitative estimate of drug-likeness (QED) is 0.685. The van der Waals surface area contributed by atoms with Crippen LogP contribution in [0.3, 0.4) is 0 Å². The summed E-state index contributed by atoms with van der Waals surface area (Å²) in [6.07, 6.45) is -0.541. The van der Waals surface area contributed by atoms with Gasteiger partial charge in [0.25, 0.3) is 5.22 Å².